The number of aromatic nitrogens is 1. The molecule has 0 bridgehead atoms. The average Bonchev–Trinajstić information content (AvgIpc) is 3.25. The van der Waals surface area contributed by atoms with Gasteiger partial charge in [0.15, 0.2) is 4.80 Å². The predicted octanol–water partition coefficient (Wildman–Crippen LogP) is 3.69. The minimum absolute atomic E-state index is 0.208. The van der Waals surface area contributed by atoms with Gasteiger partial charge in [0.1, 0.15) is 0 Å². The van der Waals surface area contributed by atoms with E-state index in [9.17, 15) is 14.4 Å². The Hall–Kier alpha value is -3.21. The van der Waals surface area contributed by atoms with Crippen molar-refractivity contribution < 1.29 is 14.4 Å². The number of thiazole rings is 1. The van der Waals surface area contributed by atoms with E-state index < -0.39 is 5.91 Å². The van der Waals surface area contributed by atoms with Crippen molar-refractivity contribution in [3.63, 3.8) is 0 Å². The van der Waals surface area contributed by atoms with E-state index in [1.165, 1.54) is 11.3 Å². The highest BCUT2D eigenvalue weighted by Gasteiger charge is 2.30. The fourth-order valence-electron chi connectivity index (χ4n) is 3.41. The molecule has 1 aliphatic rings. The van der Waals surface area contributed by atoms with Crippen LogP contribution < -0.4 is 9.70 Å². The van der Waals surface area contributed by atoms with E-state index in [1.807, 2.05) is 13.0 Å². The van der Waals surface area contributed by atoms with Crippen molar-refractivity contribution in [3.05, 3.63) is 57.3 Å². The van der Waals surface area contributed by atoms with Crippen molar-refractivity contribution in [2.24, 2.45) is 4.99 Å². The summed E-state index contributed by atoms with van der Waals surface area (Å²) in [5.74, 6) is 1.68. The normalized spacial score (nSPS) is 14.6. The van der Waals surface area contributed by atoms with Crippen molar-refractivity contribution in [1.82, 2.24) is 4.57 Å². The number of anilines is 1. The number of carbonyl (C=O) groups is 3. The molecule has 0 radical (unpaired) electrons. The van der Waals surface area contributed by atoms with Gasteiger partial charge >= 0.3 is 0 Å². The molecule has 0 unspecified atom stereocenters. The lowest BCUT2D eigenvalue weighted by atomic mass is 10.2. The van der Waals surface area contributed by atoms with E-state index in [0.29, 0.717) is 21.1 Å². The topological polar surface area (TPSA) is 71.7 Å². The van der Waals surface area contributed by atoms with Crippen LogP contribution in [0.2, 0.25) is 5.02 Å². The number of nitrogens with zero attached hydrogens (tertiary/aromatic N) is 3. The SMILES string of the molecule is C#CCn1c(=NC(=O)c2ccc(N3C(=O)CCC3=O)cc2)sc2ccc(Cl)c(C)c21. The van der Waals surface area contributed by atoms with Gasteiger partial charge in [0.25, 0.3) is 5.91 Å². The van der Waals surface area contributed by atoms with E-state index in [2.05, 4.69) is 10.9 Å². The smallest absolute Gasteiger partial charge is 0.279 e. The average molecular weight is 438 g/mol. The second kappa shape index (κ2) is 7.90. The highest BCUT2D eigenvalue weighted by Crippen LogP contribution is 2.27. The first-order chi connectivity index (χ1) is 14.4. The summed E-state index contributed by atoms with van der Waals surface area (Å²) in [7, 11) is 0. The molecule has 0 saturated carbocycles. The molecule has 0 spiro atoms. The zero-order valence-electron chi connectivity index (χ0n) is 16.0. The second-order valence-electron chi connectivity index (χ2n) is 6.78. The molecule has 1 fully saturated rings. The first kappa shape index (κ1) is 20.1. The van der Waals surface area contributed by atoms with Crippen molar-refractivity contribution in [1.29, 1.82) is 0 Å². The highest BCUT2D eigenvalue weighted by atomic mass is 35.5. The number of carbonyl (C=O) groups excluding carboxylic acids is 3. The number of rotatable bonds is 3. The molecule has 1 saturated heterocycles. The van der Waals surface area contributed by atoms with Crippen molar-refractivity contribution in [3.8, 4) is 12.3 Å². The third-order valence-electron chi connectivity index (χ3n) is 4.90. The van der Waals surface area contributed by atoms with Gasteiger partial charge in [-0.25, -0.2) is 0 Å². The number of imide groups is 1. The number of hydrogen-bond donors (Lipinski definition) is 0. The van der Waals surface area contributed by atoms with Crippen molar-refractivity contribution in [2.45, 2.75) is 26.3 Å². The summed E-state index contributed by atoms with van der Waals surface area (Å²) < 4.78 is 2.73. The largest absolute Gasteiger partial charge is 0.304 e. The summed E-state index contributed by atoms with van der Waals surface area (Å²) >= 11 is 7.61. The maximum absolute atomic E-state index is 12.8. The Morgan fingerprint density at radius 1 is 1.17 bits per heavy atom. The number of amides is 3. The Labute approximate surface area is 181 Å². The number of halogens is 1. The molecule has 30 heavy (non-hydrogen) atoms. The van der Waals surface area contributed by atoms with E-state index in [4.69, 9.17) is 18.0 Å². The third kappa shape index (κ3) is 3.45. The lowest BCUT2D eigenvalue weighted by molar-refractivity contribution is -0.121. The van der Waals surface area contributed by atoms with Gasteiger partial charge in [0.05, 0.1) is 22.4 Å². The van der Waals surface area contributed by atoms with Gasteiger partial charge in [-0.05, 0) is 48.9 Å². The van der Waals surface area contributed by atoms with Gasteiger partial charge in [-0.1, -0.05) is 28.9 Å². The van der Waals surface area contributed by atoms with E-state index in [1.54, 1.807) is 34.9 Å². The van der Waals surface area contributed by atoms with Crippen LogP contribution in [0.15, 0.2) is 41.4 Å². The Morgan fingerprint density at radius 2 is 1.83 bits per heavy atom. The quantitative estimate of drug-likeness (QED) is 0.463. The summed E-state index contributed by atoms with van der Waals surface area (Å²) in [6, 6.07) is 9.95. The summed E-state index contributed by atoms with van der Waals surface area (Å²) in [5, 5.41) is 0.616. The van der Waals surface area contributed by atoms with Gasteiger partial charge in [0.2, 0.25) is 11.8 Å². The van der Waals surface area contributed by atoms with Gasteiger partial charge in [0, 0.05) is 23.4 Å². The molecular weight excluding hydrogens is 422 g/mol. The fourth-order valence-corrected chi connectivity index (χ4v) is 4.65. The summed E-state index contributed by atoms with van der Waals surface area (Å²) in [6.07, 6.45) is 5.94. The summed E-state index contributed by atoms with van der Waals surface area (Å²) in [6.45, 7) is 2.15. The molecule has 6 nitrogen and oxygen atoms in total. The van der Waals surface area contributed by atoms with Crippen molar-refractivity contribution in [2.75, 3.05) is 4.90 Å². The Bertz CT molecular complexity index is 1300. The molecular formula is C22H16ClN3O3S. The van der Waals surface area contributed by atoms with Crippen LogP contribution in [0, 0.1) is 19.3 Å². The minimum Gasteiger partial charge on any atom is -0.304 e. The van der Waals surface area contributed by atoms with Gasteiger partial charge in [-0.2, -0.15) is 4.99 Å². The standard InChI is InChI=1S/C22H16ClN3O3S/c1-3-12-25-20-13(2)16(23)8-9-17(20)30-22(25)24-21(29)14-4-6-15(7-5-14)26-18(27)10-11-19(26)28/h1,4-9H,10-12H2,2H3. The first-order valence-electron chi connectivity index (χ1n) is 9.17. The maximum atomic E-state index is 12.8. The molecule has 0 aliphatic carbocycles. The predicted molar refractivity (Wildman–Crippen MR) is 116 cm³/mol. The number of aryl methyl sites for hydroxylation is 1. The van der Waals surface area contributed by atoms with Crippen LogP contribution in [0.1, 0.15) is 28.8 Å². The monoisotopic (exact) mass is 437 g/mol. The van der Waals surface area contributed by atoms with Crippen LogP contribution in [0.4, 0.5) is 5.69 Å². The maximum Gasteiger partial charge on any atom is 0.279 e. The second-order valence-corrected chi connectivity index (χ2v) is 8.20. The minimum atomic E-state index is -0.443. The molecule has 150 valence electrons. The van der Waals surface area contributed by atoms with E-state index in [-0.39, 0.29) is 31.2 Å². The molecule has 4 rings (SSSR count). The zero-order chi connectivity index (χ0) is 21.4. The molecule has 3 aromatic rings. The molecule has 1 aliphatic heterocycles. The molecule has 8 heteroatoms. The van der Waals surface area contributed by atoms with Crippen LogP contribution in [0.25, 0.3) is 10.2 Å². The molecule has 2 heterocycles. The van der Waals surface area contributed by atoms with Gasteiger partial charge < -0.3 is 4.57 Å². The number of benzene rings is 2. The van der Waals surface area contributed by atoms with Crippen LogP contribution in [-0.4, -0.2) is 22.3 Å². The number of hydrogen-bond acceptors (Lipinski definition) is 4. The Kier molecular flexibility index (Phi) is 5.29. The summed E-state index contributed by atoms with van der Waals surface area (Å²) in [4.78, 5) is 42.4. The van der Waals surface area contributed by atoms with E-state index in [0.717, 1.165) is 20.7 Å². The highest BCUT2D eigenvalue weighted by molar-refractivity contribution is 7.16. The first-order valence-corrected chi connectivity index (χ1v) is 10.4. The van der Waals surface area contributed by atoms with Crippen LogP contribution >= 0.6 is 22.9 Å². The third-order valence-corrected chi connectivity index (χ3v) is 6.35. The fraction of sp³-hybridized carbons (Fsp3) is 0.182. The zero-order valence-corrected chi connectivity index (χ0v) is 17.6. The number of terminal acetylenes is 1. The van der Waals surface area contributed by atoms with E-state index >= 15 is 0 Å². The number of fused-ring (bicyclic) bond motifs is 1. The van der Waals surface area contributed by atoms with Crippen LogP contribution in [-0.2, 0) is 16.1 Å². The lowest BCUT2D eigenvalue weighted by Crippen LogP contribution is -2.28. The van der Waals surface area contributed by atoms with Crippen LogP contribution in [0.3, 0.4) is 0 Å². The van der Waals surface area contributed by atoms with Gasteiger partial charge in [-0.15, -0.1) is 6.42 Å². The molecule has 3 amide bonds. The van der Waals surface area contributed by atoms with Crippen molar-refractivity contribution >= 4 is 56.6 Å². The lowest BCUT2D eigenvalue weighted by Gasteiger charge is -2.13. The molecule has 0 atom stereocenters. The van der Waals surface area contributed by atoms with Gasteiger partial charge in [-0.3, -0.25) is 19.3 Å². The Balaban J connectivity index is 1.73. The molecule has 2 aromatic carbocycles. The molecule has 0 N–H and O–H groups in total. The van der Waals surface area contributed by atoms with Crippen LogP contribution in [0.5, 0.6) is 0 Å². The molecule has 1 aromatic heterocycles. The Morgan fingerprint density at radius 3 is 2.47 bits per heavy atom. The summed E-state index contributed by atoms with van der Waals surface area (Å²) in [5.41, 5.74) is 2.53.